The first-order chi connectivity index (χ1) is 18.4. The summed E-state index contributed by atoms with van der Waals surface area (Å²) in [6.07, 6.45) is -4.57. The Morgan fingerprint density at radius 3 is 2.46 bits per heavy atom. The number of benzene rings is 3. The van der Waals surface area contributed by atoms with Crippen molar-refractivity contribution >= 4 is 39.2 Å². The zero-order valence-corrected chi connectivity index (χ0v) is 22.2. The number of nitrogens with one attached hydrogen (secondary N) is 1. The number of esters is 1. The van der Waals surface area contributed by atoms with Crippen molar-refractivity contribution in [2.75, 3.05) is 18.5 Å². The summed E-state index contributed by atoms with van der Waals surface area (Å²) in [5.74, 6) is -1.76. The van der Waals surface area contributed by atoms with Gasteiger partial charge in [0.25, 0.3) is 5.91 Å². The molecule has 0 spiro atoms. The van der Waals surface area contributed by atoms with Crippen LogP contribution >= 0.6 is 11.6 Å². The van der Waals surface area contributed by atoms with Crippen molar-refractivity contribution in [1.82, 2.24) is 4.31 Å². The summed E-state index contributed by atoms with van der Waals surface area (Å²) in [6.45, 7) is 1.17. The fourth-order valence-corrected chi connectivity index (χ4v) is 6.09. The zero-order valence-electron chi connectivity index (χ0n) is 20.7. The van der Waals surface area contributed by atoms with Gasteiger partial charge in [-0.25, -0.2) is 8.42 Å². The van der Waals surface area contributed by atoms with Gasteiger partial charge in [0, 0.05) is 6.54 Å². The van der Waals surface area contributed by atoms with E-state index in [4.69, 9.17) is 16.3 Å². The summed E-state index contributed by atoms with van der Waals surface area (Å²) in [5, 5.41) is 2.08. The van der Waals surface area contributed by atoms with E-state index in [1.54, 1.807) is 24.3 Å². The molecule has 0 saturated carbocycles. The number of amides is 1. The summed E-state index contributed by atoms with van der Waals surface area (Å²) < 4.78 is 72.3. The van der Waals surface area contributed by atoms with Crippen molar-refractivity contribution in [3.05, 3.63) is 94.0 Å². The van der Waals surface area contributed by atoms with Crippen molar-refractivity contribution in [1.29, 1.82) is 0 Å². The Hall–Kier alpha value is -3.41. The first kappa shape index (κ1) is 28.6. The Labute approximate surface area is 228 Å². The number of ether oxygens (including phenoxy) is 1. The number of carbonyl (C=O) groups is 2. The first-order valence-electron chi connectivity index (χ1n) is 11.8. The Kier molecular flexibility index (Phi) is 8.34. The fourth-order valence-electron chi connectivity index (χ4n) is 4.32. The lowest BCUT2D eigenvalue weighted by atomic mass is 9.92. The van der Waals surface area contributed by atoms with Gasteiger partial charge in [-0.1, -0.05) is 53.6 Å². The molecule has 3 aromatic carbocycles. The molecule has 1 amide bonds. The van der Waals surface area contributed by atoms with Gasteiger partial charge in [0.2, 0.25) is 10.0 Å². The Balaban J connectivity index is 1.48. The van der Waals surface area contributed by atoms with Crippen LogP contribution in [0, 0.1) is 6.92 Å². The summed E-state index contributed by atoms with van der Waals surface area (Å²) in [7, 11) is -3.97. The highest BCUT2D eigenvalue weighted by molar-refractivity contribution is 7.89. The molecule has 0 aromatic heterocycles. The molecule has 0 saturated heterocycles. The molecule has 1 aliphatic rings. The van der Waals surface area contributed by atoms with Gasteiger partial charge in [0.1, 0.15) is 0 Å². The molecular weight excluding hydrogens is 557 g/mol. The van der Waals surface area contributed by atoms with Crippen molar-refractivity contribution in [2.24, 2.45) is 0 Å². The number of carbonyl (C=O) groups excluding carboxylic acids is 2. The average molecular weight is 581 g/mol. The van der Waals surface area contributed by atoms with E-state index < -0.39 is 46.3 Å². The number of fused-ring (bicyclic) bond motifs is 1. The molecule has 0 aliphatic carbocycles. The number of alkyl halides is 3. The second kappa shape index (κ2) is 11.4. The molecule has 1 atom stereocenters. The molecule has 0 bridgehead atoms. The van der Waals surface area contributed by atoms with Crippen LogP contribution in [0.5, 0.6) is 0 Å². The number of halogens is 4. The zero-order chi connectivity index (χ0) is 28.4. The van der Waals surface area contributed by atoms with E-state index in [0.717, 1.165) is 23.3 Å². The molecule has 4 rings (SSSR count). The van der Waals surface area contributed by atoms with Gasteiger partial charge in [-0.15, -0.1) is 0 Å². The number of hydrogen-bond donors (Lipinski definition) is 1. The van der Waals surface area contributed by atoms with Crippen LogP contribution in [0.4, 0.5) is 18.9 Å². The number of rotatable bonds is 7. The maximum atomic E-state index is 13.5. The van der Waals surface area contributed by atoms with Crippen LogP contribution in [-0.2, 0) is 36.9 Å². The fraction of sp³-hybridized carbons (Fsp3) is 0.259. The number of hydrogen-bond acceptors (Lipinski definition) is 5. The van der Waals surface area contributed by atoms with Crippen molar-refractivity contribution in [3.63, 3.8) is 0 Å². The van der Waals surface area contributed by atoms with E-state index >= 15 is 0 Å². The molecule has 12 heteroatoms. The molecule has 3 aromatic rings. The third kappa shape index (κ3) is 6.60. The maximum Gasteiger partial charge on any atom is 0.416 e. The van der Waals surface area contributed by atoms with Crippen molar-refractivity contribution in [3.8, 4) is 0 Å². The van der Waals surface area contributed by atoms with Gasteiger partial charge < -0.3 is 10.1 Å². The normalized spacial score (nSPS) is 15.9. The molecule has 206 valence electrons. The van der Waals surface area contributed by atoms with E-state index in [-0.39, 0.29) is 28.6 Å². The number of aryl methyl sites for hydroxylation is 1. The van der Waals surface area contributed by atoms with Gasteiger partial charge in [0.15, 0.2) is 6.61 Å². The first-order valence-corrected chi connectivity index (χ1v) is 13.7. The van der Waals surface area contributed by atoms with Crippen LogP contribution < -0.4 is 5.32 Å². The van der Waals surface area contributed by atoms with Crippen LogP contribution in [0.3, 0.4) is 0 Å². The van der Waals surface area contributed by atoms with Crippen molar-refractivity contribution in [2.45, 2.75) is 36.9 Å². The highest BCUT2D eigenvalue weighted by atomic mass is 35.5. The molecule has 1 aliphatic heterocycles. The van der Waals surface area contributed by atoms with Gasteiger partial charge in [-0.05, 0) is 54.8 Å². The highest BCUT2D eigenvalue weighted by Gasteiger charge is 2.38. The standard InChI is InChI=1S/C27H24ClF3N2O5S/c1-17-6-9-20(10-7-17)39(36,37)33-13-12-18-4-2-3-5-21(18)24(33)15-26(35)38-16-25(34)32-23-14-19(27(29,30)31)8-11-22(23)28/h2-11,14,24H,12-13,15-16H2,1H3,(H,32,34)/t24-/m0/s1. The maximum absolute atomic E-state index is 13.5. The third-order valence-corrected chi connectivity index (χ3v) is 8.53. The molecule has 1 heterocycles. The van der Waals surface area contributed by atoms with Crippen LogP contribution in [0.15, 0.2) is 71.6 Å². The monoisotopic (exact) mass is 580 g/mol. The lowest BCUT2D eigenvalue weighted by Gasteiger charge is -2.36. The lowest BCUT2D eigenvalue weighted by molar-refractivity contribution is -0.148. The smallest absolute Gasteiger partial charge is 0.416 e. The molecular formula is C27H24ClF3N2O5S. The minimum absolute atomic E-state index is 0.0863. The second-order valence-electron chi connectivity index (χ2n) is 9.00. The number of sulfonamides is 1. The topological polar surface area (TPSA) is 92.8 Å². The van der Waals surface area contributed by atoms with Gasteiger partial charge in [0.05, 0.1) is 33.6 Å². The average Bonchev–Trinajstić information content (AvgIpc) is 2.88. The van der Waals surface area contributed by atoms with E-state index in [9.17, 15) is 31.2 Å². The number of nitrogens with zero attached hydrogens (tertiary/aromatic N) is 1. The molecule has 7 nitrogen and oxygen atoms in total. The molecule has 1 N–H and O–H groups in total. The minimum Gasteiger partial charge on any atom is -0.456 e. The molecule has 39 heavy (non-hydrogen) atoms. The summed E-state index contributed by atoms with van der Waals surface area (Å²) in [6, 6.07) is 15.1. The van der Waals surface area contributed by atoms with Crippen LogP contribution in [-0.4, -0.2) is 37.8 Å². The quantitative estimate of drug-likeness (QED) is 0.371. The Morgan fingerprint density at radius 2 is 1.77 bits per heavy atom. The summed E-state index contributed by atoms with van der Waals surface area (Å²) in [5.41, 5.74) is 1.14. The molecule has 0 fully saturated rings. The number of anilines is 1. The van der Waals surface area contributed by atoms with Gasteiger partial charge in [-0.3, -0.25) is 9.59 Å². The van der Waals surface area contributed by atoms with E-state index in [2.05, 4.69) is 5.32 Å². The van der Waals surface area contributed by atoms with Gasteiger partial charge >= 0.3 is 12.1 Å². The second-order valence-corrected chi connectivity index (χ2v) is 11.3. The largest absolute Gasteiger partial charge is 0.456 e. The highest BCUT2D eigenvalue weighted by Crippen LogP contribution is 2.37. The van der Waals surface area contributed by atoms with Crippen LogP contribution in [0.25, 0.3) is 0 Å². The molecule has 0 unspecified atom stereocenters. The predicted octanol–water partition coefficient (Wildman–Crippen LogP) is 5.53. The Bertz CT molecular complexity index is 1490. The third-order valence-electron chi connectivity index (χ3n) is 6.28. The van der Waals surface area contributed by atoms with E-state index in [0.29, 0.717) is 18.1 Å². The summed E-state index contributed by atoms with van der Waals surface area (Å²) in [4.78, 5) is 25.2. The van der Waals surface area contributed by atoms with Crippen molar-refractivity contribution < 1.29 is 35.9 Å². The van der Waals surface area contributed by atoms with E-state index in [1.807, 2.05) is 19.1 Å². The van der Waals surface area contributed by atoms with E-state index in [1.165, 1.54) is 16.4 Å². The molecule has 0 radical (unpaired) electrons. The minimum atomic E-state index is -4.64. The van der Waals surface area contributed by atoms with Crippen LogP contribution in [0.1, 0.15) is 34.7 Å². The van der Waals surface area contributed by atoms with Gasteiger partial charge in [-0.2, -0.15) is 17.5 Å². The lowest BCUT2D eigenvalue weighted by Crippen LogP contribution is -2.41. The SMILES string of the molecule is Cc1ccc(S(=O)(=O)N2CCc3ccccc3[C@@H]2CC(=O)OCC(=O)Nc2cc(C(F)(F)F)ccc2Cl)cc1. The predicted molar refractivity (Wildman–Crippen MR) is 139 cm³/mol. The Morgan fingerprint density at radius 1 is 1.08 bits per heavy atom. The van der Waals surface area contributed by atoms with Crippen LogP contribution in [0.2, 0.25) is 5.02 Å². The summed E-state index contributed by atoms with van der Waals surface area (Å²) >= 11 is 5.90.